The Kier molecular flexibility index (Phi) is 10.5. The minimum Gasteiger partial charge on any atom is -0.480 e. The molecule has 0 unspecified atom stereocenters. The van der Waals surface area contributed by atoms with Crippen molar-refractivity contribution in [3.05, 3.63) is 35.9 Å². The first kappa shape index (κ1) is 29.4. The number of nitrogens with two attached hydrogens (primary N) is 1. The van der Waals surface area contributed by atoms with Crippen LogP contribution in [0, 0.1) is 0 Å². The number of nitrogens with one attached hydrogen (secondary N) is 2. The summed E-state index contributed by atoms with van der Waals surface area (Å²) in [5.41, 5.74) is 6.31. The predicted octanol–water partition coefficient (Wildman–Crippen LogP) is -1.91. The molecule has 15 heteroatoms. The van der Waals surface area contributed by atoms with Gasteiger partial charge < -0.3 is 41.3 Å². The maximum Gasteiger partial charge on any atom is 0.469 e. The first-order valence-electron chi connectivity index (χ1n) is 11.1. The van der Waals surface area contributed by atoms with E-state index in [9.17, 15) is 34.0 Å². The molecule has 0 bridgehead atoms. The molecule has 0 radical (unpaired) electrons. The zero-order chi connectivity index (χ0) is 27.0. The zero-order valence-corrected chi connectivity index (χ0v) is 20.4. The van der Waals surface area contributed by atoms with E-state index in [1.165, 1.54) is 6.92 Å². The average Bonchev–Trinajstić information content (AvgIpc) is 3.29. The smallest absolute Gasteiger partial charge is 0.469 e. The van der Waals surface area contributed by atoms with Gasteiger partial charge in [0.15, 0.2) is 0 Å². The van der Waals surface area contributed by atoms with Crippen molar-refractivity contribution in [3.8, 4) is 0 Å². The molecule has 2 rings (SSSR count). The zero-order valence-electron chi connectivity index (χ0n) is 19.5. The highest BCUT2D eigenvalue weighted by Gasteiger charge is 2.39. The topological polar surface area (TPSA) is 229 Å². The molecule has 1 fully saturated rings. The number of carbonyl (C=O) groups is 4. The summed E-state index contributed by atoms with van der Waals surface area (Å²) in [6, 6.07) is 3.22. The van der Waals surface area contributed by atoms with Crippen molar-refractivity contribution in [2.75, 3.05) is 13.2 Å². The molecule has 1 aliphatic heterocycles. The highest BCUT2D eigenvalue weighted by atomic mass is 31.2. The van der Waals surface area contributed by atoms with Crippen LogP contribution in [0.2, 0.25) is 0 Å². The highest BCUT2D eigenvalue weighted by Crippen LogP contribution is 2.35. The van der Waals surface area contributed by atoms with E-state index in [4.69, 9.17) is 15.5 Å². The number of amides is 3. The highest BCUT2D eigenvalue weighted by molar-refractivity contribution is 7.46. The third-order valence-electron chi connectivity index (χ3n) is 5.54. The minimum atomic E-state index is -4.85. The van der Waals surface area contributed by atoms with Crippen LogP contribution in [0.3, 0.4) is 0 Å². The third kappa shape index (κ3) is 8.66. The van der Waals surface area contributed by atoms with Crippen LogP contribution < -0.4 is 16.4 Å². The maximum absolute atomic E-state index is 12.9. The number of hydrogen-bond donors (Lipinski definition) is 7. The van der Waals surface area contributed by atoms with E-state index >= 15 is 0 Å². The maximum atomic E-state index is 12.9. The molecule has 0 spiro atoms. The van der Waals surface area contributed by atoms with E-state index in [2.05, 4.69) is 15.2 Å². The Morgan fingerprint density at radius 1 is 1.19 bits per heavy atom. The van der Waals surface area contributed by atoms with E-state index in [1.54, 1.807) is 30.3 Å². The van der Waals surface area contributed by atoms with E-state index < -0.39 is 68.4 Å². The third-order valence-corrected chi connectivity index (χ3v) is 6.02. The van der Waals surface area contributed by atoms with E-state index in [0.29, 0.717) is 12.0 Å². The van der Waals surface area contributed by atoms with Crippen molar-refractivity contribution >= 4 is 31.5 Å². The molecular weight excluding hydrogens is 499 g/mol. The van der Waals surface area contributed by atoms with Gasteiger partial charge in [-0.25, -0.2) is 9.36 Å². The van der Waals surface area contributed by atoms with Gasteiger partial charge in [-0.1, -0.05) is 30.3 Å². The quantitative estimate of drug-likeness (QED) is 0.147. The molecule has 0 saturated carbocycles. The number of carbonyl (C=O) groups excluding carboxylic acids is 3. The number of carboxylic acids is 1. The second kappa shape index (κ2) is 12.9. The van der Waals surface area contributed by atoms with Gasteiger partial charge in [-0.3, -0.25) is 18.9 Å². The van der Waals surface area contributed by atoms with E-state index in [1.807, 2.05) is 0 Å². The van der Waals surface area contributed by atoms with Gasteiger partial charge in [-0.05, 0) is 25.3 Å². The van der Waals surface area contributed by atoms with Gasteiger partial charge >= 0.3 is 13.8 Å². The van der Waals surface area contributed by atoms with Gasteiger partial charge in [0.25, 0.3) is 0 Å². The number of rotatable bonds is 12. The number of phosphoric ester groups is 1. The van der Waals surface area contributed by atoms with Crippen LogP contribution in [-0.2, 0) is 34.7 Å². The molecule has 36 heavy (non-hydrogen) atoms. The number of carboxylic acid groups (broad SMARTS) is 1. The summed E-state index contributed by atoms with van der Waals surface area (Å²) >= 11 is 0. The number of aliphatic carboxylic acids is 1. The van der Waals surface area contributed by atoms with Crippen LogP contribution in [0.4, 0.5) is 0 Å². The summed E-state index contributed by atoms with van der Waals surface area (Å²) in [5, 5.41) is 24.3. The largest absolute Gasteiger partial charge is 0.480 e. The molecule has 0 aliphatic carbocycles. The SMILES string of the molecule is C[C@@H](O)[C@H](NC(=O)[C@@H]1CCCN1C(=O)[C@@H](N)COP(=O)(O)O)C(=O)N[C@@H](Cc1ccccc1)C(=O)O. The van der Waals surface area contributed by atoms with Gasteiger partial charge in [-0.2, -0.15) is 0 Å². The number of aliphatic hydroxyl groups excluding tert-OH is 1. The molecular formula is C21H31N4O10P. The lowest BCUT2D eigenvalue weighted by Crippen LogP contribution is -2.59. The van der Waals surface area contributed by atoms with Crippen LogP contribution in [0.1, 0.15) is 25.3 Å². The van der Waals surface area contributed by atoms with Crippen LogP contribution in [0.25, 0.3) is 0 Å². The summed E-state index contributed by atoms with van der Waals surface area (Å²) in [7, 11) is -4.85. The molecule has 1 heterocycles. The summed E-state index contributed by atoms with van der Waals surface area (Å²) in [4.78, 5) is 68.7. The van der Waals surface area contributed by atoms with Crippen molar-refractivity contribution in [2.45, 2.75) is 56.5 Å². The van der Waals surface area contributed by atoms with Crippen LogP contribution in [0.15, 0.2) is 30.3 Å². The number of nitrogens with zero attached hydrogens (tertiary/aromatic N) is 1. The molecule has 0 aromatic heterocycles. The van der Waals surface area contributed by atoms with E-state index in [0.717, 1.165) is 4.90 Å². The van der Waals surface area contributed by atoms with Crippen molar-refractivity contribution in [1.29, 1.82) is 0 Å². The summed E-state index contributed by atoms with van der Waals surface area (Å²) in [6.07, 6.45) is -0.796. The number of hydrogen-bond acceptors (Lipinski definition) is 8. The fraction of sp³-hybridized carbons (Fsp3) is 0.524. The Labute approximate surface area is 207 Å². The number of aliphatic hydroxyl groups is 1. The number of likely N-dealkylation sites (tertiary alicyclic amines) is 1. The molecule has 1 saturated heterocycles. The van der Waals surface area contributed by atoms with E-state index in [-0.39, 0.29) is 19.4 Å². The van der Waals surface area contributed by atoms with Crippen molar-refractivity contribution in [2.24, 2.45) is 5.73 Å². The number of phosphoric acid groups is 1. The fourth-order valence-electron chi connectivity index (χ4n) is 3.73. The summed E-state index contributed by atoms with van der Waals surface area (Å²) in [5.74, 6) is -3.79. The van der Waals surface area contributed by atoms with Gasteiger partial charge in [0, 0.05) is 13.0 Å². The molecule has 200 valence electrons. The molecule has 14 nitrogen and oxygen atoms in total. The average molecular weight is 530 g/mol. The molecule has 1 aromatic rings. The second-order valence-electron chi connectivity index (χ2n) is 8.40. The van der Waals surface area contributed by atoms with Crippen LogP contribution in [0.5, 0.6) is 0 Å². The standard InChI is InChI=1S/C21H31N4O10P/c1-12(26)17(19(28)23-15(21(30)31)10-13-6-3-2-4-7-13)24-18(27)16-8-5-9-25(16)20(29)14(22)11-35-36(32,33)34/h2-4,6-7,12,14-17,26H,5,8-11,22H2,1H3,(H,23,28)(H,24,27)(H,30,31)(H2,32,33,34)/t12-,14+,15+,16+,17+/m1/s1. The number of benzene rings is 1. The molecule has 1 aromatic carbocycles. The van der Waals surface area contributed by atoms with Gasteiger partial charge in [-0.15, -0.1) is 0 Å². The van der Waals surface area contributed by atoms with Crippen molar-refractivity contribution < 1.29 is 48.3 Å². The lowest BCUT2D eigenvalue weighted by molar-refractivity contribution is -0.144. The first-order valence-corrected chi connectivity index (χ1v) is 12.6. The molecule has 3 amide bonds. The Morgan fingerprint density at radius 2 is 1.83 bits per heavy atom. The monoisotopic (exact) mass is 530 g/mol. The Morgan fingerprint density at radius 3 is 2.39 bits per heavy atom. The van der Waals surface area contributed by atoms with Crippen molar-refractivity contribution in [3.63, 3.8) is 0 Å². The summed E-state index contributed by atoms with van der Waals surface area (Å²) in [6.45, 7) is 0.597. The van der Waals surface area contributed by atoms with Gasteiger partial charge in [0.05, 0.1) is 12.7 Å². The Balaban J connectivity index is 2.06. The first-order chi connectivity index (χ1) is 16.8. The minimum absolute atomic E-state index is 0.0259. The Hall–Kier alpha value is -2.87. The molecule has 5 atom stereocenters. The normalized spacial score (nSPS) is 19.1. The Bertz CT molecular complexity index is 986. The summed E-state index contributed by atoms with van der Waals surface area (Å²) < 4.78 is 15.1. The molecule has 8 N–H and O–H groups in total. The van der Waals surface area contributed by atoms with Crippen molar-refractivity contribution in [1.82, 2.24) is 15.5 Å². The lowest BCUT2D eigenvalue weighted by Gasteiger charge is -2.29. The fourth-order valence-corrected chi connectivity index (χ4v) is 4.09. The van der Waals surface area contributed by atoms with Gasteiger partial charge in [0.1, 0.15) is 24.2 Å². The lowest BCUT2D eigenvalue weighted by atomic mass is 10.0. The molecule has 1 aliphatic rings. The van der Waals surface area contributed by atoms with Crippen LogP contribution >= 0.6 is 7.82 Å². The van der Waals surface area contributed by atoms with Crippen LogP contribution in [-0.4, -0.2) is 92.0 Å². The predicted molar refractivity (Wildman–Crippen MR) is 124 cm³/mol. The van der Waals surface area contributed by atoms with Gasteiger partial charge in [0.2, 0.25) is 17.7 Å². The second-order valence-corrected chi connectivity index (χ2v) is 9.64.